The third-order valence-corrected chi connectivity index (χ3v) is 1.86. The van der Waals surface area contributed by atoms with Crippen LogP contribution in [-0.2, 0) is 10.5 Å². The van der Waals surface area contributed by atoms with E-state index >= 15 is 0 Å². The molecule has 0 rings (SSSR count). The van der Waals surface area contributed by atoms with Crippen molar-refractivity contribution in [3.8, 4) is 0 Å². The molecule has 0 aromatic carbocycles. The maximum atomic E-state index is 12.7. The fourth-order valence-electron chi connectivity index (χ4n) is 0.849. The monoisotopic (exact) mass is 195 g/mol. The van der Waals surface area contributed by atoms with Crippen molar-refractivity contribution in [2.75, 3.05) is 6.54 Å². The van der Waals surface area contributed by atoms with Crippen molar-refractivity contribution in [3.63, 3.8) is 0 Å². The first kappa shape index (κ1) is 11.6. The Hall–Kier alpha value is -0.450. The molecule has 5 heteroatoms. The predicted molar refractivity (Wildman–Crippen MR) is 45.3 cm³/mol. The Bertz CT molecular complexity index is 218. The highest BCUT2D eigenvalue weighted by Gasteiger charge is 2.04. The SMILES string of the molecule is CCCCCC(F)CN=S(=O)=O. The number of rotatable bonds is 6. The first-order chi connectivity index (χ1) is 5.66. The lowest BCUT2D eigenvalue weighted by Gasteiger charge is -2.01. The molecule has 72 valence electrons. The van der Waals surface area contributed by atoms with Gasteiger partial charge in [0.15, 0.2) is 0 Å². The average Bonchev–Trinajstić information content (AvgIpc) is 2.01. The van der Waals surface area contributed by atoms with Crippen molar-refractivity contribution in [2.24, 2.45) is 4.36 Å². The van der Waals surface area contributed by atoms with E-state index in [2.05, 4.69) is 4.36 Å². The van der Waals surface area contributed by atoms with E-state index in [1.54, 1.807) is 0 Å². The Balaban J connectivity index is 3.46. The summed E-state index contributed by atoms with van der Waals surface area (Å²) in [5.41, 5.74) is 0. The third kappa shape index (κ3) is 7.65. The van der Waals surface area contributed by atoms with Crippen LogP contribution in [0.15, 0.2) is 4.36 Å². The van der Waals surface area contributed by atoms with E-state index in [4.69, 9.17) is 0 Å². The lowest BCUT2D eigenvalue weighted by molar-refractivity contribution is 0.314. The van der Waals surface area contributed by atoms with Gasteiger partial charge < -0.3 is 0 Å². The van der Waals surface area contributed by atoms with Gasteiger partial charge in [0.05, 0.1) is 6.54 Å². The van der Waals surface area contributed by atoms with Gasteiger partial charge in [0.2, 0.25) is 0 Å². The maximum absolute atomic E-state index is 12.7. The Morgan fingerprint density at radius 3 is 2.58 bits per heavy atom. The van der Waals surface area contributed by atoms with Crippen LogP contribution in [-0.4, -0.2) is 21.1 Å². The second kappa shape index (κ2) is 7.21. The minimum absolute atomic E-state index is 0.222. The summed E-state index contributed by atoms with van der Waals surface area (Å²) in [5.74, 6) is 0. The summed E-state index contributed by atoms with van der Waals surface area (Å²) in [7, 11) is -2.46. The van der Waals surface area contributed by atoms with Gasteiger partial charge in [0, 0.05) is 0 Å². The van der Waals surface area contributed by atoms with Crippen LogP contribution in [0.5, 0.6) is 0 Å². The van der Waals surface area contributed by atoms with Gasteiger partial charge in [-0.25, -0.2) is 4.39 Å². The summed E-state index contributed by atoms with van der Waals surface area (Å²) < 4.78 is 35.6. The van der Waals surface area contributed by atoms with Crippen molar-refractivity contribution in [3.05, 3.63) is 0 Å². The molecule has 0 amide bonds. The van der Waals surface area contributed by atoms with Gasteiger partial charge in [-0.2, -0.15) is 12.8 Å². The summed E-state index contributed by atoms with van der Waals surface area (Å²) in [4.78, 5) is 0. The number of alkyl halides is 1. The summed E-state index contributed by atoms with van der Waals surface area (Å²) in [6.45, 7) is 1.81. The second-order valence-electron chi connectivity index (χ2n) is 2.62. The number of hydrogen-bond acceptors (Lipinski definition) is 3. The number of halogens is 1. The fourth-order valence-corrected chi connectivity index (χ4v) is 1.13. The van der Waals surface area contributed by atoms with E-state index in [-0.39, 0.29) is 6.54 Å². The average molecular weight is 195 g/mol. The van der Waals surface area contributed by atoms with Crippen LogP contribution in [0.2, 0.25) is 0 Å². The highest BCUT2D eigenvalue weighted by molar-refractivity contribution is 7.61. The number of hydrogen-bond donors (Lipinski definition) is 0. The fraction of sp³-hybridized carbons (Fsp3) is 1.00. The minimum Gasteiger partial charge on any atom is -0.245 e. The van der Waals surface area contributed by atoms with Crippen LogP contribution in [0, 0.1) is 0 Å². The summed E-state index contributed by atoms with van der Waals surface area (Å²) in [5, 5.41) is 0. The molecule has 1 unspecified atom stereocenters. The number of nitrogens with zero attached hydrogens (tertiary/aromatic N) is 1. The van der Waals surface area contributed by atoms with Crippen LogP contribution in [0.1, 0.15) is 32.6 Å². The molecule has 0 aliphatic carbocycles. The van der Waals surface area contributed by atoms with Crippen LogP contribution < -0.4 is 0 Å². The first-order valence-corrected chi connectivity index (χ1v) is 5.11. The lowest BCUT2D eigenvalue weighted by atomic mass is 10.1. The van der Waals surface area contributed by atoms with Gasteiger partial charge in [-0.05, 0) is 6.42 Å². The number of unbranched alkanes of at least 4 members (excludes halogenated alkanes) is 2. The molecule has 0 heterocycles. The van der Waals surface area contributed by atoms with Gasteiger partial charge in [0.25, 0.3) is 0 Å². The van der Waals surface area contributed by atoms with Crippen molar-refractivity contribution in [1.29, 1.82) is 0 Å². The molecule has 1 atom stereocenters. The molecule has 0 fully saturated rings. The molecule has 0 N–H and O–H groups in total. The van der Waals surface area contributed by atoms with Crippen LogP contribution >= 0.6 is 0 Å². The molecule has 0 radical (unpaired) electrons. The van der Waals surface area contributed by atoms with E-state index < -0.39 is 16.7 Å². The van der Waals surface area contributed by atoms with Crippen molar-refractivity contribution < 1.29 is 12.8 Å². The molecule has 0 saturated heterocycles. The normalized spacial score (nSPS) is 12.5. The Kier molecular flexibility index (Phi) is 6.94. The molecule has 0 bridgehead atoms. The van der Waals surface area contributed by atoms with Gasteiger partial charge in [0.1, 0.15) is 6.17 Å². The standard InChI is InChI=1S/C7H14FNO2S/c1-2-3-4-5-7(8)6-9-12(10)11/h7H,2-6H2,1H3. The van der Waals surface area contributed by atoms with E-state index in [1.165, 1.54) is 0 Å². The van der Waals surface area contributed by atoms with Crippen LogP contribution in [0.3, 0.4) is 0 Å². The van der Waals surface area contributed by atoms with E-state index in [0.29, 0.717) is 6.42 Å². The topological polar surface area (TPSA) is 46.5 Å². The molecule has 0 aliphatic heterocycles. The largest absolute Gasteiger partial charge is 0.311 e. The first-order valence-electron chi connectivity index (χ1n) is 4.07. The zero-order valence-corrected chi connectivity index (χ0v) is 7.98. The van der Waals surface area contributed by atoms with E-state index in [9.17, 15) is 12.8 Å². The zero-order chi connectivity index (χ0) is 9.40. The van der Waals surface area contributed by atoms with Gasteiger partial charge in [-0.3, -0.25) is 0 Å². The Morgan fingerprint density at radius 1 is 1.42 bits per heavy atom. The van der Waals surface area contributed by atoms with Crippen LogP contribution in [0.25, 0.3) is 0 Å². The maximum Gasteiger partial charge on any atom is 0.311 e. The molecular weight excluding hydrogens is 181 g/mol. The molecule has 0 aromatic heterocycles. The molecule has 0 aliphatic rings. The minimum atomic E-state index is -2.46. The summed E-state index contributed by atoms with van der Waals surface area (Å²) >= 11 is 0. The van der Waals surface area contributed by atoms with Gasteiger partial charge in [-0.15, -0.1) is 0 Å². The Morgan fingerprint density at radius 2 is 2.08 bits per heavy atom. The van der Waals surface area contributed by atoms with E-state index in [1.807, 2.05) is 6.92 Å². The highest BCUT2D eigenvalue weighted by atomic mass is 32.2. The van der Waals surface area contributed by atoms with Crippen LogP contribution in [0.4, 0.5) is 4.39 Å². The third-order valence-electron chi connectivity index (χ3n) is 1.50. The highest BCUT2D eigenvalue weighted by Crippen LogP contribution is 2.06. The lowest BCUT2D eigenvalue weighted by Crippen LogP contribution is -2.03. The van der Waals surface area contributed by atoms with Crippen molar-refractivity contribution in [2.45, 2.75) is 38.8 Å². The predicted octanol–water partition coefficient (Wildman–Crippen LogP) is 1.97. The molecular formula is C7H14FNO2S. The molecule has 0 spiro atoms. The van der Waals surface area contributed by atoms with Crippen molar-refractivity contribution in [1.82, 2.24) is 0 Å². The second-order valence-corrected chi connectivity index (χ2v) is 3.31. The van der Waals surface area contributed by atoms with Crippen molar-refractivity contribution >= 4 is 10.5 Å². The molecule has 0 aromatic rings. The molecule has 3 nitrogen and oxygen atoms in total. The smallest absolute Gasteiger partial charge is 0.245 e. The Labute approximate surface area is 73.7 Å². The molecule has 0 saturated carbocycles. The van der Waals surface area contributed by atoms with Gasteiger partial charge in [-0.1, -0.05) is 26.2 Å². The quantitative estimate of drug-likeness (QED) is 0.608. The van der Waals surface area contributed by atoms with Gasteiger partial charge >= 0.3 is 10.5 Å². The summed E-state index contributed by atoms with van der Waals surface area (Å²) in [6, 6.07) is 0. The summed E-state index contributed by atoms with van der Waals surface area (Å²) in [6.07, 6.45) is 2.14. The van der Waals surface area contributed by atoms with E-state index in [0.717, 1.165) is 19.3 Å². The molecule has 12 heavy (non-hydrogen) atoms. The zero-order valence-electron chi connectivity index (χ0n) is 7.16.